The average molecular weight is 271 g/mol. The Balaban J connectivity index is 4.89. The van der Waals surface area contributed by atoms with E-state index < -0.39 is 23.7 Å². The second-order valence-electron chi connectivity index (χ2n) is 5.52. The molecule has 1 atom stereocenters. The number of hydrogen-bond acceptors (Lipinski definition) is 4. The first-order valence-corrected chi connectivity index (χ1v) is 6.35. The van der Waals surface area contributed by atoms with E-state index in [1.807, 2.05) is 0 Å². The highest BCUT2D eigenvalue weighted by atomic mass is 16.6. The van der Waals surface area contributed by atoms with Gasteiger partial charge < -0.3 is 9.47 Å². The first kappa shape index (κ1) is 17.5. The van der Waals surface area contributed by atoms with Crippen LogP contribution in [0.25, 0.3) is 0 Å². The minimum absolute atomic E-state index is 0.272. The molecule has 1 amide bonds. The maximum Gasteiger partial charge on any atom is 0.410 e. The minimum atomic E-state index is -0.702. The molecule has 0 aliphatic heterocycles. The molecule has 0 N–H and O–H groups in total. The molecule has 0 radical (unpaired) electrons. The van der Waals surface area contributed by atoms with Crippen LogP contribution in [0.4, 0.5) is 4.79 Å². The molecule has 0 aromatic heterocycles. The van der Waals surface area contributed by atoms with E-state index in [1.165, 1.54) is 11.9 Å². The fourth-order valence-corrected chi connectivity index (χ4v) is 1.41. The molecule has 0 heterocycles. The van der Waals surface area contributed by atoms with E-state index in [2.05, 4.69) is 6.58 Å². The maximum atomic E-state index is 12.0. The van der Waals surface area contributed by atoms with Crippen LogP contribution in [0.3, 0.4) is 0 Å². The molecule has 0 saturated heterocycles. The summed E-state index contributed by atoms with van der Waals surface area (Å²) in [5.74, 6) is -0.446. The van der Waals surface area contributed by atoms with Gasteiger partial charge in [0.05, 0.1) is 6.61 Å². The van der Waals surface area contributed by atoms with E-state index in [1.54, 1.807) is 34.6 Å². The van der Waals surface area contributed by atoms with Gasteiger partial charge in [-0.1, -0.05) is 5.57 Å². The Kier molecular flexibility index (Phi) is 6.59. The van der Waals surface area contributed by atoms with Gasteiger partial charge in [0.15, 0.2) is 0 Å². The van der Waals surface area contributed by atoms with E-state index in [-0.39, 0.29) is 6.61 Å². The van der Waals surface area contributed by atoms with Gasteiger partial charge in [-0.15, -0.1) is 6.58 Å². The normalized spacial score (nSPS) is 12.5. The third kappa shape index (κ3) is 6.84. The average Bonchev–Trinajstić information content (AvgIpc) is 2.22. The van der Waals surface area contributed by atoms with Gasteiger partial charge in [-0.3, -0.25) is 4.90 Å². The van der Waals surface area contributed by atoms with Gasteiger partial charge in [0.1, 0.15) is 11.6 Å². The van der Waals surface area contributed by atoms with E-state index >= 15 is 0 Å². The summed E-state index contributed by atoms with van der Waals surface area (Å²) in [7, 11) is 1.53. The number of esters is 1. The van der Waals surface area contributed by atoms with Crippen LogP contribution >= 0.6 is 0 Å². The summed E-state index contributed by atoms with van der Waals surface area (Å²) in [4.78, 5) is 25.1. The van der Waals surface area contributed by atoms with Gasteiger partial charge in [-0.05, 0) is 41.0 Å². The van der Waals surface area contributed by atoms with E-state index in [9.17, 15) is 9.59 Å². The number of nitrogens with zero attached hydrogens (tertiary/aromatic N) is 1. The number of ether oxygens (including phenoxy) is 2. The summed E-state index contributed by atoms with van der Waals surface area (Å²) in [5.41, 5.74) is 0.196. The number of hydrogen-bond donors (Lipinski definition) is 0. The smallest absolute Gasteiger partial charge is 0.410 e. The van der Waals surface area contributed by atoms with Crippen molar-refractivity contribution in [2.45, 2.75) is 52.7 Å². The minimum Gasteiger partial charge on any atom is -0.464 e. The van der Waals surface area contributed by atoms with Crippen LogP contribution in [0.1, 0.15) is 41.0 Å². The standard InChI is InChI=1S/C14H25NO4/c1-8-18-12(16)11(9-10(2)3)15(7)13(17)19-14(4,5)6/h11H,2,8-9H2,1,3-7H3. The molecule has 0 aliphatic carbocycles. The predicted molar refractivity (Wildman–Crippen MR) is 73.8 cm³/mol. The lowest BCUT2D eigenvalue weighted by atomic mass is 10.1. The summed E-state index contributed by atoms with van der Waals surface area (Å²) in [6.07, 6.45) is -0.194. The van der Waals surface area contributed by atoms with Gasteiger partial charge in [0, 0.05) is 7.05 Å². The van der Waals surface area contributed by atoms with Crippen molar-refractivity contribution in [2.24, 2.45) is 0 Å². The van der Waals surface area contributed by atoms with Gasteiger partial charge in [-0.25, -0.2) is 9.59 Å². The zero-order valence-corrected chi connectivity index (χ0v) is 12.8. The van der Waals surface area contributed by atoms with E-state index in [0.717, 1.165) is 5.57 Å². The molecule has 0 saturated carbocycles. The van der Waals surface area contributed by atoms with Crippen molar-refractivity contribution in [3.63, 3.8) is 0 Å². The quantitative estimate of drug-likeness (QED) is 0.570. The Labute approximate surface area is 115 Å². The van der Waals surface area contributed by atoms with E-state index in [0.29, 0.717) is 6.42 Å². The second kappa shape index (κ2) is 7.16. The fourth-order valence-electron chi connectivity index (χ4n) is 1.41. The van der Waals surface area contributed by atoms with Crippen molar-refractivity contribution < 1.29 is 19.1 Å². The molecular weight excluding hydrogens is 246 g/mol. The number of likely N-dealkylation sites (N-methyl/N-ethyl adjacent to an activating group) is 1. The Bertz CT molecular complexity index is 344. The Morgan fingerprint density at radius 1 is 1.32 bits per heavy atom. The lowest BCUT2D eigenvalue weighted by Gasteiger charge is -2.29. The first-order valence-electron chi connectivity index (χ1n) is 6.35. The highest BCUT2D eigenvalue weighted by Gasteiger charge is 2.31. The molecule has 0 bridgehead atoms. The molecule has 0 rings (SSSR count). The largest absolute Gasteiger partial charge is 0.464 e. The molecule has 0 aromatic rings. The zero-order valence-electron chi connectivity index (χ0n) is 12.8. The van der Waals surface area contributed by atoms with Crippen LogP contribution in [-0.4, -0.2) is 42.3 Å². The fraction of sp³-hybridized carbons (Fsp3) is 0.714. The topological polar surface area (TPSA) is 55.8 Å². The highest BCUT2D eigenvalue weighted by Crippen LogP contribution is 2.15. The number of carbonyl (C=O) groups is 2. The molecule has 5 heteroatoms. The molecule has 0 aromatic carbocycles. The predicted octanol–water partition coefficient (Wildman–Crippen LogP) is 2.75. The van der Waals surface area contributed by atoms with Crippen LogP contribution in [-0.2, 0) is 14.3 Å². The zero-order chi connectivity index (χ0) is 15.2. The lowest BCUT2D eigenvalue weighted by Crippen LogP contribution is -2.45. The molecule has 1 unspecified atom stereocenters. The maximum absolute atomic E-state index is 12.0. The SMILES string of the molecule is C=C(C)CC(C(=O)OCC)N(C)C(=O)OC(C)(C)C. The molecule has 5 nitrogen and oxygen atoms in total. The third-order valence-electron chi connectivity index (χ3n) is 2.25. The van der Waals surface area contributed by atoms with Crippen molar-refractivity contribution >= 4 is 12.1 Å². The van der Waals surface area contributed by atoms with Crippen LogP contribution in [0, 0.1) is 0 Å². The van der Waals surface area contributed by atoms with Gasteiger partial charge in [0.25, 0.3) is 0 Å². The Morgan fingerprint density at radius 2 is 1.84 bits per heavy atom. The van der Waals surface area contributed by atoms with Crippen molar-refractivity contribution in [3.05, 3.63) is 12.2 Å². The van der Waals surface area contributed by atoms with Crippen molar-refractivity contribution in [3.8, 4) is 0 Å². The Hall–Kier alpha value is -1.52. The van der Waals surface area contributed by atoms with Gasteiger partial charge in [-0.2, -0.15) is 0 Å². The molecule has 0 fully saturated rings. The first-order chi connectivity index (χ1) is 8.58. The van der Waals surface area contributed by atoms with Gasteiger partial charge >= 0.3 is 12.1 Å². The lowest BCUT2D eigenvalue weighted by molar-refractivity contribution is -0.148. The summed E-state index contributed by atoms with van der Waals surface area (Å²) in [5, 5.41) is 0. The summed E-state index contributed by atoms with van der Waals surface area (Å²) in [6.45, 7) is 12.9. The number of carbonyl (C=O) groups excluding carboxylic acids is 2. The molecule has 19 heavy (non-hydrogen) atoms. The molecule has 0 aliphatic rings. The number of amides is 1. The van der Waals surface area contributed by atoms with Crippen LogP contribution in [0.2, 0.25) is 0 Å². The monoisotopic (exact) mass is 271 g/mol. The van der Waals surface area contributed by atoms with Crippen LogP contribution in [0.15, 0.2) is 12.2 Å². The summed E-state index contributed by atoms with van der Waals surface area (Å²) in [6, 6.07) is -0.702. The third-order valence-corrected chi connectivity index (χ3v) is 2.25. The molecule has 0 spiro atoms. The van der Waals surface area contributed by atoms with Crippen LogP contribution < -0.4 is 0 Å². The van der Waals surface area contributed by atoms with Gasteiger partial charge in [0.2, 0.25) is 0 Å². The summed E-state index contributed by atoms with van der Waals surface area (Å²) < 4.78 is 10.2. The van der Waals surface area contributed by atoms with E-state index in [4.69, 9.17) is 9.47 Å². The Morgan fingerprint density at radius 3 is 2.21 bits per heavy atom. The molecule has 110 valence electrons. The highest BCUT2D eigenvalue weighted by molar-refractivity contribution is 5.81. The van der Waals surface area contributed by atoms with Crippen molar-refractivity contribution in [1.82, 2.24) is 4.90 Å². The summed E-state index contributed by atoms with van der Waals surface area (Å²) >= 11 is 0. The van der Waals surface area contributed by atoms with Crippen molar-refractivity contribution in [1.29, 1.82) is 0 Å². The molecular formula is C14H25NO4. The van der Waals surface area contributed by atoms with Crippen molar-refractivity contribution in [2.75, 3.05) is 13.7 Å². The second-order valence-corrected chi connectivity index (χ2v) is 5.52. The number of rotatable bonds is 5. The van der Waals surface area contributed by atoms with Crippen LogP contribution in [0.5, 0.6) is 0 Å².